The monoisotopic (exact) mass is 306 g/mol. The highest BCUT2D eigenvalue weighted by Gasteiger charge is 2.29. The van der Waals surface area contributed by atoms with Crippen LogP contribution in [0.4, 0.5) is 0 Å². The molecule has 2 N–H and O–H groups in total. The molecule has 3 aliphatic heterocycles. The number of aliphatic imine (C=N–C) groups is 2. The summed E-state index contributed by atoms with van der Waals surface area (Å²) in [5.74, 6) is -0.0362. The Kier molecular flexibility index (Phi) is 3.63. The number of rotatable bonds is 4. The number of Topliss-reactive ketones (excluding diaryl/α,β-unsaturated/α-hetero) is 1. The third-order valence-corrected chi connectivity index (χ3v) is 4.34. The minimum Gasteiger partial charge on any atom is -0.379 e. The van der Waals surface area contributed by atoms with E-state index in [0.29, 0.717) is 23.9 Å². The molecule has 1 fully saturated rings. The summed E-state index contributed by atoms with van der Waals surface area (Å²) < 4.78 is 0. The van der Waals surface area contributed by atoms with Crippen molar-refractivity contribution >= 4 is 17.2 Å². The normalized spacial score (nSPS) is 22.7. The summed E-state index contributed by atoms with van der Waals surface area (Å²) in [5, 5.41) is 6.86. The molecule has 1 unspecified atom stereocenters. The summed E-state index contributed by atoms with van der Waals surface area (Å²) in [4.78, 5) is 21.8. The Balaban J connectivity index is 1.70. The number of hydrogen-bond donors (Lipinski definition) is 2. The van der Waals surface area contributed by atoms with Crippen molar-refractivity contribution in [1.82, 2.24) is 10.6 Å². The zero-order valence-corrected chi connectivity index (χ0v) is 12.7. The van der Waals surface area contributed by atoms with Crippen LogP contribution in [0.2, 0.25) is 0 Å². The predicted molar refractivity (Wildman–Crippen MR) is 91.1 cm³/mol. The topological polar surface area (TPSA) is 65.8 Å². The largest absolute Gasteiger partial charge is 0.379 e. The molecule has 1 saturated heterocycles. The van der Waals surface area contributed by atoms with E-state index in [9.17, 15) is 4.79 Å². The lowest BCUT2D eigenvalue weighted by molar-refractivity contribution is 0.106. The molecular formula is C18H18N4O. The average molecular weight is 306 g/mol. The SMILES string of the molecule is O=C(C1=NCC2=NC=CC2=C1NC1CCNC1)c1ccccc1. The zero-order chi connectivity index (χ0) is 15.6. The van der Waals surface area contributed by atoms with E-state index in [1.54, 1.807) is 6.20 Å². The summed E-state index contributed by atoms with van der Waals surface area (Å²) in [6, 6.07) is 9.64. The molecular weight excluding hydrogens is 288 g/mol. The van der Waals surface area contributed by atoms with Crippen molar-refractivity contribution in [3.63, 3.8) is 0 Å². The molecule has 0 aromatic heterocycles. The van der Waals surface area contributed by atoms with Crippen LogP contribution in [0.15, 0.2) is 63.9 Å². The summed E-state index contributed by atoms with van der Waals surface area (Å²) in [6.07, 6.45) is 4.79. The van der Waals surface area contributed by atoms with Crippen LogP contribution in [-0.2, 0) is 0 Å². The van der Waals surface area contributed by atoms with Gasteiger partial charge in [0.2, 0.25) is 5.78 Å². The summed E-state index contributed by atoms with van der Waals surface area (Å²) in [5.41, 5.74) is 3.95. The van der Waals surface area contributed by atoms with Gasteiger partial charge in [0.1, 0.15) is 5.71 Å². The molecule has 5 nitrogen and oxygen atoms in total. The molecule has 0 amide bonds. The van der Waals surface area contributed by atoms with Crippen molar-refractivity contribution in [3.8, 4) is 0 Å². The molecule has 0 spiro atoms. The predicted octanol–water partition coefficient (Wildman–Crippen LogP) is 1.50. The summed E-state index contributed by atoms with van der Waals surface area (Å²) in [7, 11) is 0. The molecule has 3 heterocycles. The van der Waals surface area contributed by atoms with E-state index in [-0.39, 0.29) is 5.78 Å². The number of nitrogens with zero attached hydrogens (tertiary/aromatic N) is 2. The van der Waals surface area contributed by atoms with Crippen molar-refractivity contribution in [1.29, 1.82) is 0 Å². The van der Waals surface area contributed by atoms with E-state index in [4.69, 9.17) is 0 Å². The molecule has 3 aliphatic rings. The molecule has 23 heavy (non-hydrogen) atoms. The maximum Gasteiger partial charge on any atom is 0.213 e. The first-order chi connectivity index (χ1) is 11.3. The average Bonchev–Trinajstić information content (AvgIpc) is 3.26. The molecule has 4 rings (SSSR count). The maximum absolute atomic E-state index is 12.9. The van der Waals surface area contributed by atoms with Crippen molar-refractivity contribution in [3.05, 3.63) is 59.4 Å². The highest BCUT2D eigenvalue weighted by atomic mass is 16.1. The van der Waals surface area contributed by atoms with E-state index in [0.717, 1.165) is 36.5 Å². The van der Waals surface area contributed by atoms with Crippen LogP contribution in [0.5, 0.6) is 0 Å². The molecule has 0 saturated carbocycles. The lowest BCUT2D eigenvalue weighted by Gasteiger charge is -2.23. The van der Waals surface area contributed by atoms with Crippen molar-refractivity contribution in [2.45, 2.75) is 12.5 Å². The molecule has 0 bridgehead atoms. The third-order valence-electron chi connectivity index (χ3n) is 4.34. The molecule has 0 aliphatic carbocycles. The van der Waals surface area contributed by atoms with Gasteiger partial charge in [-0.2, -0.15) is 0 Å². The molecule has 1 aromatic carbocycles. The number of allylic oxidation sites excluding steroid dienone is 2. The Bertz CT molecular complexity index is 752. The quantitative estimate of drug-likeness (QED) is 0.829. The first kappa shape index (κ1) is 14.1. The minimum absolute atomic E-state index is 0.0362. The van der Waals surface area contributed by atoms with E-state index in [1.807, 2.05) is 36.4 Å². The van der Waals surface area contributed by atoms with Crippen LogP contribution in [0.3, 0.4) is 0 Å². The Morgan fingerprint density at radius 1 is 1.26 bits per heavy atom. The first-order valence-electron chi connectivity index (χ1n) is 7.92. The highest BCUT2D eigenvalue weighted by Crippen LogP contribution is 2.22. The van der Waals surface area contributed by atoms with Gasteiger partial charge < -0.3 is 10.6 Å². The van der Waals surface area contributed by atoms with Crippen molar-refractivity contribution in [2.24, 2.45) is 9.98 Å². The number of dihydropyridines is 1. The second kappa shape index (κ2) is 5.93. The first-order valence-corrected chi connectivity index (χ1v) is 7.92. The van der Waals surface area contributed by atoms with Gasteiger partial charge in [0.25, 0.3) is 0 Å². The Hall–Kier alpha value is -2.53. The number of nitrogens with one attached hydrogen (secondary N) is 2. The van der Waals surface area contributed by atoms with Crippen LogP contribution in [0.25, 0.3) is 0 Å². The van der Waals surface area contributed by atoms with Gasteiger partial charge >= 0.3 is 0 Å². The number of carbonyl (C=O) groups is 1. The molecule has 5 heteroatoms. The number of fused-ring (bicyclic) bond motifs is 1. The van der Waals surface area contributed by atoms with E-state index < -0.39 is 0 Å². The lowest BCUT2D eigenvalue weighted by Crippen LogP contribution is -2.39. The molecule has 116 valence electrons. The summed E-state index contributed by atoms with van der Waals surface area (Å²) in [6.45, 7) is 2.36. The summed E-state index contributed by atoms with van der Waals surface area (Å²) >= 11 is 0. The van der Waals surface area contributed by atoms with Gasteiger partial charge in [-0.05, 0) is 19.0 Å². The van der Waals surface area contributed by atoms with Crippen LogP contribution >= 0.6 is 0 Å². The number of carbonyl (C=O) groups excluding carboxylic acids is 1. The number of benzene rings is 1. The highest BCUT2D eigenvalue weighted by molar-refractivity contribution is 6.52. The molecule has 1 atom stereocenters. The Morgan fingerprint density at radius 3 is 2.91 bits per heavy atom. The van der Waals surface area contributed by atoms with Gasteiger partial charge in [-0.15, -0.1) is 0 Å². The van der Waals surface area contributed by atoms with Crippen LogP contribution < -0.4 is 10.6 Å². The maximum atomic E-state index is 12.9. The second-order valence-electron chi connectivity index (χ2n) is 5.87. The van der Waals surface area contributed by atoms with E-state index in [1.165, 1.54) is 0 Å². The van der Waals surface area contributed by atoms with Crippen LogP contribution in [0, 0.1) is 0 Å². The fraction of sp³-hybridized carbons (Fsp3) is 0.278. The van der Waals surface area contributed by atoms with E-state index in [2.05, 4.69) is 20.6 Å². The van der Waals surface area contributed by atoms with E-state index >= 15 is 0 Å². The lowest BCUT2D eigenvalue weighted by atomic mass is 9.96. The van der Waals surface area contributed by atoms with Gasteiger partial charge in [-0.25, -0.2) is 0 Å². The Labute approximate surface area is 134 Å². The Morgan fingerprint density at radius 2 is 2.13 bits per heavy atom. The number of ketones is 1. The fourth-order valence-electron chi connectivity index (χ4n) is 3.12. The number of hydrogen-bond acceptors (Lipinski definition) is 5. The molecule has 1 aromatic rings. The third kappa shape index (κ3) is 2.64. The molecule has 0 radical (unpaired) electrons. The fourth-order valence-corrected chi connectivity index (χ4v) is 3.12. The van der Waals surface area contributed by atoms with Gasteiger partial charge in [0.15, 0.2) is 0 Å². The smallest absolute Gasteiger partial charge is 0.213 e. The van der Waals surface area contributed by atoms with Gasteiger partial charge in [0, 0.05) is 29.9 Å². The standard InChI is InChI=1S/C18H18N4O/c23-18(12-4-2-1-3-5-12)17-16(22-13-6-8-19-10-13)14-7-9-20-15(14)11-21-17/h1-5,7,9,13,19,22H,6,8,10-11H2. The van der Waals surface area contributed by atoms with Crippen molar-refractivity contribution < 1.29 is 4.79 Å². The van der Waals surface area contributed by atoms with Crippen LogP contribution in [0.1, 0.15) is 16.8 Å². The zero-order valence-electron chi connectivity index (χ0n) is 12.7. The van der Waals surface area contributed by atoms with Crippen molar-refractivity contribution in [2.75, 3.05) is 19.6 Å². The van der Waals surface area contributed by atoms with Gasteiger partial charge in [-0.1, -0.05) is 30.3 Å². The van der Waals surface area contributed by atoms with Gasteiger partial charge in [0.05, 0.1) is 18.0 Å². The van der Waals surface area contributed by atoms with Gasteiger partial charge in [-0.3, -0.25) is 14.8 Å². The minimum atomic E-state index is -0.0362. The second-order valence-corrected chi connectivity index (χ2v) is 5.87. The van der Waals surface area contributed by atoms with Crippen LogP contribution in [-0.4, -0.2) is 42.9 Å².